The average molecular weight is 232 g/mol. The number of thiophene rings is 1. The van der Waals surface area contributed by atoms with E-state index in [4.69, 9.17) is 4.74 Å². The maximum atomic E-state index is 10.1. The normalized spacial score (nSPS) is 23.6. The average Bonchev–Trinajstić information content (AvgIpc) is 2.82. The summed E-state index contributed by atoms with van der Waals surface area (Å²) in [4.78, 5) is 1.17. The maximum absolute atomic E-state index is 10.1. The first-order valence-electron chi connectivity index (χ1n) is 5.31. The monoisotopic (exact) mass is 232 g/mol. The summed E-state index contributed by atoms with van der Waals surface area (Å²) >= 11 is 1.67. The van der Waals surface area contributed by atoms with Crippen LogP contribution >= 0.6 is 11.3 Å². The Morgan fingerprint density at radius 1 is 1.19 bits per heavy atom. The molecule has 1 aromatic carbocycles. The standard InChI is InChI=1S/C13H12O2S/c14-10-8-12(13-6-3-7-16-13)15-11-5-2-1-4-9(10)11/h1-7,10,12,14H,8H2. The zero-order valence-corrected chi connectivity index (χ0v) is 9.48. The zero-order valence-electron chi connectivity index (χ0n) is 8.67. The van der Waals surface area contributed by atoms with E-state index in [1.807, 2.05) is 35.7 Å². The molecule has 1 N–H and O–H groups in total. The van der Waals surface area contributed by atoms with Crippen LogP contribution in [0.5, 0.6) is 5.75 Å². The van der Waals surface area contributed by atoms with Crippen molar-refractivity contribution in [2.45, 2.75) is 18.6 Å². The fourth-order valence-corrected chi connectivity index (χ4v) is 2.81. The van der Waals surface area contributed by atoms with Gasteiger partial charge in [-0.05, 0) is 17.5 Å². The molecule has 0 saturated carbocycles. The summed E-state index contributed by atoms with van der Waals surface area (Å²) in [5.41, 5.74) is 0.898. The molecule has 2 unspecified atom stereocenters. The van der Waals surface area contributed by atoms with Gasteiger partial charge in [0.05, 0.1) is 6.10 Å². The van der Waals surface area contributed by atoms with Crippen molar-refractivity contribution in [3.05, 3.63) is 52.2 Å². The number of rotatable bonds is 1. The molecule has 16 heavy (non-hydrogen) atoms. The third kappa shape index (κ3) is 1.62. The molecule has 2 nitrogen and oxygen atoms in total. The topological polar surface area (TPSA) is 29.5 Å². The van der Waals surface area contributed by atoms with Gasteiger partial charge in [0.2, 0.25) is 0 Å². The van der Waals surface area contributed by atoms with Gasteiger partial charge < -0.3 is 9.84 Å². The first kappa shape index (κ1) is 9.87. The predicted octanol–water partition coefficient (Wildman–Crippen LogP) is 3.31. The molecule has 0 bridgehead atoms. The lowest BCUT2D eigenvalue weighted by Crippen LogP contribution is -2.17. The van der Waals surface area contributed by atoms with E-state index in [0.29, 0.717) is 6.42 Å². The van der Waals surface area contributed by atoms with Gasteiger partial charge in [-0.3, -0.25) is 0 Å². The molecule has 1 aliphatic rings. The Bertz CT molecular complexity index is 478. The largest absolute Gasteiger partial charge is 0.484 e. The van der Waals surface area contributed by atoms with Crippen LogP contribution in [0.4, 0.5) is 0 Å². The van der Waals surface area contributed by atoms with Gasteiger partial charge in [0, 0.05) is 16.9 Å². The highest BCUT2D eigenvalue weighted by molar-refractivity contribution is 7.10. The molecular formula is C13H12O2S. The van der Waals surface area contributed by atoms with Gasteiger partial charge in [-0.25, -0.2) is 0 Å². The third-order valence-electron chi connectivity index (χ3n) is 2.85. The molecule has 0 amide bonds. The maximum Gasteiger partial charge on any atom is 0.136 e. The highest BCUT2D eigenvalue weighted by Crippen LogP contribution is 2.41. The van der Waals surface area contributed by atoms with Crippen LogP contribution in [-0.4, -0.2) is 5.11 Å². The van der Waals surface area contributed by atoms with Crippen molar-refractivity contribution < 1.29 is 9.84 Å². The second-order valence-corrected chi connectivity index (χ2v) is 4.89. The molecule has 2 atom stereocenters. The zero-order chi connectivity index (χ0) is 11.0. The summed E-state index contributed by atoms with van der Waals surface area (Å²) < 4.78 is 5.90. The SMILES string of the molecule is OC1CC(c2cccs2)Oc2ccccc21. The molecule has 1 aromatic heterocycles. The number of ether oxygens (including phenoxy) is 1. The molecule has 82 valence electrons. The summed E-state index contributed by atoms with van der Waals surface area (Å²) in [5, 5.41) is 12.1. The van der Waals surface area contributed by atoms with E-state index < -0.39 is 6.10 Å². The Kier molecular flexibility index (Phi) is 2.42. The minimum atomic E-state index is -0.419. The quantitative estimate of drug-likeness (QED) is 0.817. The third-order valence-corrected chi connectivity index (χ3v) is 3.81. The van der Waals surface area contributed by atoms with Crippen LogP contribution in [0.2, 0.25) is 0 Å². The summed E-state index contributed by atoms with van der Waals surface area (Å²) in [6.07, 6.45) is 0.208. The molecule has 0 radical (unpaired) electrons. The Labute approximate surface area is 98.1 Å². The number of fused-ring (bicyclic) bond motifs is 1. The van der Waals surface area contributed by atoms with Gasteiger partial charge in [-0.1, -0.05) is 24.3 Å². The van der Waals surface area contributed by atoms with Crippen LogP contribution < -0.4 is 4.74 Å². The number of hydrogen-bond donors (Lipinski definition) is 1. The van der Waals surface area contributed by atoms with Crippen molar-refractivity contribution >= 4 is 11.3 Å². The van der Waals surface area contributed by atoms with Gasteiger partial charge in [0.1, 0.15) is 11.9 Å². The van der Waals surface area contributed by atoms with E-state index in [0.717, 1.165) is 11.3 Å². The van der Waals surface area contributed by atoms with E-state index >= 15 is 0 Å². The van der Waals surface area contributed by atoms with Crippen molar-refractivity contribution in [3.63, 3.8) is 0 Å². The van der Waals surface area contributed by atoms with E-state index in [2.05, 4.69) is 6.07 Å². The van der Waals surface area contributed by atoms with Crippen molar-refractivity contribution in [2.24, 2.45) is 0 Å². The second kappa shape index (κ2) is 3.92. The number of benzene rings is 1. The lowest BCUT2D eigenvalue weighted by Gasteiger charge is -2.28. The van der Waals surface area contributed by atoms with Crippen molar-refractivity contribution in [1.82, 2.24) is 0 Å². The van der Waals surface area contributed by atoms with Crippen LogP contribution in [0.1, 0.15) is 29.1 Å². The Morgan fingerprint density at radius 3 is 2.88 bits per heavy atom. The highest BCUT2D eigenvalue weighted by Gasteiger charge is 2.27. The van der Waals surface area contributed by atoms with Gasteiger partial charge in [0.25, 0.3) is 0 Å². The molecular weight excluding hydrogens is 220 g/mol. The molecule has 0 fully saturated rings. The summed E-state index contributed by atoms with van der Waals surface area (Å²) in [5.74, 6) is 0.805. The van der Waals surface area contributed by atoms with Crippen molar-refractivity contribution in [3.8, 4) is 5.75 Å². The van der Waals surface area contributed by atoms with Crippen molar-refractivity contribution in [1.29, 1.82) is 0 Å². The van der Waals surface area contributed by atoms with Crippen LogP contribution in [0, 0.1) is 0 Å². The molecule has 0 aliphatic carbocycles. The highest BCUT2D eigenvalue weighted by atomic mass is 32.1. The molecule has 3 rings (SSSR count). The number of hydrogen-bond acceptors (Lipinski definition) is 3. The minimum absolute atomic E-state index is 0.00935. The lowest BCUT2D eigenvalue weighted by atomic mass is 9.98. The van der Waals surface area contributed by atoms with Crippen LogP contribution in [0.3, 0.4) is 0 Å². The van der Waals surface area contributed by atoms with Gasteiger partial charge >= 0.3 is 0 Å². The first-order valence-corrected chi connectivity index (χ1v) is 6.19. The Balaban J connectivity index is 1.95. The van der Waals surface area contributed by atoms with E-state index in [1.165, 1.54) is 4.88 Å². The molecule has 2 heterocycles. The fourth-order valence-electron chi connectivity index (χ4n) is 2.04. The van der Waals surface area contributed by atoms with E-state index in [9.17, 15) is 5.11 Å². The molecule has 0 saturated heterocycles. The minimum Gasteiger partial charge on any atom is -0.484 e. The molecule has 0 spiro atoms. The van der Waals surface area contributed by atoms with E-state index in [1.54, 1.807) is 11.3 Å². The summed E-state index contributed by atoms with van der Waals surface area (Å²) in [6, 6.07) is 11.8. The lowest BCUT2D eigenvalue weighted by molar-refractivity contribution is 0.0674. The molecule has 2 aromatic rings. The number of aliphatic hydroxyl groups excluding tert-OH is 1. The summed E-state index contributed by atoms with van der Waals surface area (Å²) in [7, 11) is 0. The van der Waals surface area contributed by atoms with Crippen molar-refractivity contribution in [2.75, 3.05) is 0 Å². The second-order valence-electron chi connectivity index (χ2n) is 3.91. The first-order chi connectivity index (χ1) is 7.84. The van der Waals surface area contributed by atoms with Crippen LogP contribution in [0.25, 0.3) is 0 Å². The molecule has 3 heteroatoms. The van der Waals surface area contributed by atoms with Crippen LogP contribution in [0.15, 0.2) is 41.8 Å². The smallest absolute Gasteiger partial charge is 0.136 e. The van der Waals surface area contributed by atoms with Gasteiger partial charge in [-0.15, -0.1) is 11.3 Å². The number of para-hydroxylation sites is 1. The predicted molar refractivity (Wildman–Crippen MR) is 63.7 cm³/mol. The van der Waals surface area contributed by atoms with E-state index in [-0.39, 0.29) is 6.10 Å². The van der Waals surface area contributed by atoms with Gasteiger partial charge in [-0.2, -0.15) is 0 Å². The van der Waals surface area contributed by atoms with Crippen LogP contribution in [-0.2, 0) is 0 Å². The van der Waals surface area contributed by atoms with Gasteiger partial charge in [0.15, 0.2) is 0 Å². The Morgan fingerprint density at radius 2 is 2.06 bits per heavy atom. The summed E-state index contributed by atoms with van der Waals surface area (Å²) in [6.45, 7) is 0. The Hall–Kier alpha value is -1.32. The number of aliphatic hydroxyl groups is 1. The fraction of sp³-hybridized carbons (Fsp3) is 0.231. The molecule has 1 aliphatic heterocycles.